The fraction of sp³-hybridized carbons (Fsp3) is 0.308. The van der Waals surface area contributed by atoms with Crippen LogP contribution in [0.25, 0.3) is 0 Å². The Labute approximate surface area is 113 Å². The number of nitrogens with zero attached hydrogens (tertiary/aromatic N) is 2. The van der Waals surface area contributed by atoms with E-state index in [0.717, 1.165) is 11.1 Å². The molecule has 0 unspecified atom stereocenters. The van der Waals surface area contributed by atoms with Gasteiger partial charge >= 0.3 is 0 Å². The van der Waals surface area contributed by atoms with Crippen molar-refractivity contribution in [3.05, 3.63) is 47.8 Å². The monoisotopic (exact) mass is 279 g/mol. The molecule has 0 saturated heterocycles. The van der Waals surface area contributed by atoms with E-state index < -0.39 is 10.0 Å². The zero-order chi connectivity index (χ0) is 13.9. The van der Waals surface area contributed by atoms with Gasteiger partial charge in [-0.15, -0.1) is 0 Å². The second kappa shape index (κ2) is 5.54. The van der Waals surface area contributed by atoms with Crippen LogP contribution in [0.4, 0.5) is 0 Å². The fourth-order valence-electron chi connectivity index (χ4n) is 1.82. The lowest BCUT2D eigenvalue weighted by Crippen LogP contribution is -2.28. The maximum Gasteiger partial charge on any atom is 0.240 e. The second-order valence-electron chi connectivity index (χ2n) is 4.44. The van der Waals surface area contributed by atoms with E-state index in [2.05, 4.69) is 9.82 Å². The molecule has 0 atom stereocenters. The number of benzene rings is 1. The Hall–Kier alpha value is -1.66. The summed E-state index contributed by atoms with van der Waals surface area (Å²) in [6.07, 6.45) is 3.62. The van der Waals surface area contributed by atoms with Gasteiger partial charge in [0.05, 0.1) is 17.6 Å². The van der Waals surface area contributed by atoms with Crippen molar-refractivity contribution in [3.8, 4) is 0 Å². The molecule has 19 heavy (non-hydrogen) atoms. The van der Waals surface area contributed by atoms with E-state index in [-0.39, 0.29) is 0 Å². The smallest absolute Gasteiger partial charge is 0.240 e. The number of rotatable bonds is 5. The number of hydrogen-bond acceptors (Lipinski definition) is 3. The Morgan fingerprint density at radius 2 is 2.00 bits per heavy atom. The lowest BCUT2D eigenvalue weighted by molar-refractivity contribution is 0.560. The lowest BCUT2D eigenvalue weighted by Gasteiger charge is -2.09. The molecule has 0 amide bonds. The summed E-state index contributed by atoms with van der Waals surface area (Å²) in [5.41, 5.74) is 1.80. The van der Waals surface area contributed by atoms with Gasteiger partial charge in [0.1, 0.15) is 0 Å². The Morgan fingerprint density at radius 1 is 1.26 bits per heavy atom. The molecule has 0 radical (unpaired) electrons. The van der Waals surface area contributed by atoms with Crippen molar-refractivity contribution < 1.29 is 8.42 Å². The summed E-state index contributed by atoms with van der Waals surface area (Å²) in [4.78, 5) is 0.326. The summed E-state index contributed by atoms with van der Waals surface area (Å²) in [6, 6.07) is 6.93. The summed E-state index contributed by atoms with van der Waals surface area (Å²) in [7, 11) is -3.45. The van der Waals surface area contributed by atoms with E-state index in [1.165, 1.54) is 0 Å². The Bertz CT molecular complexity index is 662. The first-order chi connectivity index (χ1) is 8.99. The van der Waals surface area contributed by atoms with Gasteiger partial charge in [-0.3, -0.25) is 4.68 Å². The minimum atomic E-state index is -3.45. The minimum absolute atomic E-state index is 0.317. The molecular weight excluding hydrogens is 262 g/mol. The largest absolute Gasteiger partial charge is 0.271 e. The van der Waals surface area contributed by atoms with Gasteiger partial charge in [0.2, 0.25) is 10.0 Å². The maximum absolute atomic E-state index is 12.1. The lowest BCUT2D eigenvalue weighted by atomic mass is 10.2. The molecule has 2 rings (SSSR count). The van der Waals surface area contributed by atoms with Gasteiger partial charge in [0, 0.05) is 12.7 Å². The average Bonchev–Trinajstić information content (AvgIpc) is 2.75. The second-order valence-corrected chi connectivity index (χ2v) is 6.18. The zero-order valence-corrected chi connectivity index (χ0v) is 11.8. The van der Waals surface area contributed by atoms with Gasteiger partial charge in [0.25, 0.3) is 0 Å². The quantitative estimate of drug-likeness (QED) is 0.901. The van der Waals surface area contributed by atoms with Gasteiger partial charge in [-0.2, -0.15) is 5.10 Å². The van der Waals surface area contributed by atoms with Crippen LogP contribution in [-0.2, 0) is 16.6 Å². The highest BCUT2D eigenvalue weighted by atomic mass is 32.2. The van der Waals surface area contributed by atoms with Crippen LogP contribution in [0.15, 0.2) is 41.6 Å². The molecule has 0 aliphatic heterocycles. The molecule has 2 aromatic rings. The molecule has 0 aliphatic carbocycles. The number of aromatic nitrogens is 2. The van der Waals surface area contributed by atoms with Gasteiger partial charge in [-0.25, -0.2) is 13.1 Å². The molecule has 1 N–H and O–H groups in total. The molecule has 1 aromatic heterocycles. The van der Waals surface area contributed by atoms with Gasteiger partial charge < -0.3 is 0 Å². The van der Waals surface area contributed by atoms with Crippen molar-refractivity contribution in [1.29, 1.82) is 0 Å². The Kier molecular flexibility index (Phi) is 4.01. The van der Waals surface area contributed by atoms with Gasteiger partial charge in [0.15, 0.2) is 0 Å². The van der Waals surface area contributed by atoms with Gasteiger partial charge in [-0.1, -0.05) is 18.2 Å². The molecule has 1 heterocycles. The van der Waals surface area contributed by atoms with Gasteiger partial charge in [-0.05, 0) is 31.0 Å². The number of sulfonamides is 1. The van der Waals surface area contributed by atoms with E-state index in [9.17, 15) is 8.42 Å². The SMILES string of the molecule is Cc1cnn(CCNS(=O)(=O)c2ccccc2C)c1. The van der Waals surface area contributed by atoms with Crippen LogP contribution in [-0.4, -0.2) is 24.7 Å². The standard InChI is InChI=1S/C13H17N3O2S/c1-11-9-14-16(10-11)8-7-15-19(17,18)13-6-4-3-5-12(13)2/h3-6,9-10,15H,7-8H2,1-2H3. The van der Waals surface area contributed by atoms with Crippen molar-refractivity contribution >= 4 is 10.0 Å². The van der Waals surface area contributed by atoms with E-state index in [1.54, 1.807) is 36.0 Å². The summed E-state index contributed by atoms with van der Waals surface area (Å²) in [5.74, 6) is 0. The minimum Gasteiger partial charge on any atom is -0.271 e. The molecule has 0 spiro atoms. The number of nitrogens with one attached hydrogen (secondary N) is 1. The highest BCUT2D eigenvalue weighted by molar-refractivity contribution is 7.89. The predicted octanol–water partition coefficient (Wildman–Crippen LogP) is 1.48. The first-order valence-electron chi connectivity index (χ1n) is 6.03. The van der Waals surface area contributed by atoms with E-state index in [0.29, 0.717) is 18.0 Å². The zero-order valence-electron chi connectivity index (χ0n) is 11.0. The van der Waals surface area contributed by atoms with Crippen molar-refractivity contribution in [2.75, 3.05) is 6.54 Å². The normalized spacial score (nSPS) is 11.7. The molecule has 1 aromatic carbocycles. The van der Waals surface area contributed by atoms with Crippen LogP contribution in [0.1, 0.15) is 11.1 Å². The highest BCUT2D eigenvalue weighted by Crippen LogP contribution is 2.13. The first kappa shape index (κ1) is 13.8. The maximum atomic E-state index is 12.1. The molecule has 0 saturated carbocycles. The summed E-state index contributed by atoms with van der Waals surface area (Å²) < 4.78 is 28.5. The molecule has 0 fully saturated rings. The summed E-state index contributed by atoms with van der Waals surface area (Å²) >= 11 is 0. The van der Waals surface area contributed by atoms with E-state index in [1.807, 2.05) is 19.2 Å². The van der Waals surface area contributed by atoms with E-state index >= 15 is 0 Å². The van der Waals surface area contributed by atoms with Crippen molar-refractivity contribution in [2.24, 2.45) is 0 Å². The molecule has 6 heteroatoms. The van der Waals surface area contributed by atoms with Crippen molar-refractivity contribution in [2.45, 2.75) is 25.3 Å². The Morgan fingerprint density at radius 3 is 2.63 bits per heavy atom. The molecular formula is C13H17N3O2S. The van der Waals surface area contributed by atoms with Crippen molar-refractivity contribution in [1.82, 2.24) is 14.5 Å². The molecule has 102 valence electrons. The van der Waals surface area contributed by atoms with Crippen LogP contribution in [0.3, 0.4) is 0 Å². The van der Waals surface area contributed by atoms with Crippen LogP contribution >= 0.6 is 0 Å². The predicted molar refractivity (Wildman–Crippen MR) is 73.3 cm³/mol. The number of aryl methyl sites for hydroxylation is 2. The van der Waals surface area contributed by atoms with Crippen LogP contribution in [0.5, 0.6) is 0 Å². The number of hydrogen-bond donors (Lipinski definition) is 1. The third kappa shape index (κ3) is 3.42. The Balaban J connectivity index is 2.01. The average molecular weight is 279 g/mol. The summed E-state index contributed by atoms with van der Waals surface area (Å²) in [6.45, 7) is 4.56. The molecule has 0 bridgehead atoms. The third-order valence-electron chi connectivity index (χ3n) is 2.78. The topological polar surface area (TPSA) is 64.0 Å². The summed E-state index contributed by atoms with van der Waals surface area (Å²) in [5, 5.41) is 4.11. The molecule has 5 nitrogen and oxygen atoms in total. The van der Waals surface area contributed by atoms with Crippen molar-refractivity contribution in [3.63, 3.8) is 0 Å². The highest BCUT2D eigenvalue weighted by Gasteiger charge is 2.15. The van der Waals surface area contributed by atoms with E-state index in [4.69, 9.17) is 0 Å². The third-order valence-corrected chi connectivity index (χ3v) is 4.40. The fourth-order valence-corrected chi connectivity index (χ4v) is 3.08. The van der Waals surface area contributed by atoms with Crippen LogP contribution in [0.2, 0.25) is 0 Å². The molecule has 0 aliphatic rings. The first-order valence-corrected chi connectivity index (χ1v) is 7.52. The van der Waals surface area contributed by atoms with Crippen LogP contribution in [0, 0.1) is 13.8 Å². The van der Waals surface area contributed by atoms with Crippen LogP contribution < -0.4 is 4.72 Å².